The summed E-state index contributed by atoms with van der Waals surface area (Å²) in [6, 6.07) is 4.90. The van der Waals surface area contributed by atoms with Gasteiger partial charge in [-0.2, -0.15) is 13.2 Å². The van der Waals surface area contributed by atoms with Crippen molar-refractivity contribution in [2.24, 2.45) is 23.7 Å². The highest BCUT2D eigenvalue weighted by Gasteiger charge is 2.61. The van der Waals surface area contributed by atoms with Gasteiger partial charge in [-0.1, -0.05) is 18.7 Å². The molecule has 0 spiro atoms. The first-order chi connectivity index (χ1) is 20.2. The standard InChI is InChI=1S/C33H31F5O5/c1-16-3-5-21-19(7-23-29(21)30(23)31(39)40)10-28(16)43-15-20-8-22(24(11-25(20)34)33(36,37)38)18-4-6-27(26(35)9-18)42-14-17-12-32(2,41)13-17/h4-6,8-11,17,23,28-30,41H,1,3,7,12-15H2,2H3,(H,39,40). The number of allylic oxidation sites excluding steroid dienone is 3. The molecule has 2 aromatic rings. The Morgan fingerprint density at radius 2 is 1.88 bits per heavy atom. The third kappa shape index (κ3) is 5.74. The van der Waals surface area contributed by atoms with E-state index in [0.717, 1.165) is 23.3 Å². The van der Waals surface area contributed by atoms with Crippen LogP contribution in [-0.2, 0) is 22.3 Å². The number of carboxylic acid groups (broad SMARTS) is 1. The number of ether oxygens (including phenoxy) is 2. The highest BCUT2D eigenvalue weighted by molar-refractivity contribution is 5.77. The molecule has 5 nitrogen and oxygen atoms in total. The number of fused-ring (bicyclic) bond motifs is 3. The Kier molecular flexibility index (Phi) is 7.28. The van der Waals surface area contributed by atoms with E-state index >= 15 is 4.39 Å². The van der Waals surface area contributed by atoms with Crippen LogP contribution in [0.2, 0.25) is 0 Å². The van der Waals surface area contributed by atoms with Crippen LogP contribution >= 0.6 is 0 Å². The first-order valence-corrected chi connectivity index (χ1v) is 14.2. The highest BCUT2D eigenvalue weighted by atomic mass is 19.4. The van der Waals surface area contributed by atoms with Crippen molar-refractivity contribution in [3.8, 4) is 16.9 Å². The van der Waals surface area contributed by atoms with Crippen molar-refractivity contribution in [3.63, 3.8) is 0 Å². The summed E-state index contributed by atoms with van der Waals surface area (Å²) in [4.78, 5) is 11.5. The van der Waals surface area contributed by atoms with E-state index < -0.39 is 46.6 Å². The summed E-state index contributed by atoms with van der Waals surface area (Å²) in [5.41, 5.74) is -0.0439. The first kappa shape index (κ1) is 29.6. The van der Waals surface area contributed by atoms with Crippen LogP contribution in [0.15, 0.2) is 65.8 Å². The van der Waals surface area contributed by atoms with Crippen molar-refractivity contribution in [2.45, 2.75) is 57.1 Å². The Balaban J connectivity index is 1.20. The Hall–Kier alpha value is -3.50. The Morgan fingerprint density at radius 1 is 1.14 bits per heavy atom. The molecule has 228 valence electrons. The number of hydrogen-bond acceptors (Lipinski definition) is 4. The van der Waals surface area contributed by atoms with Crippen LogP contribution in [0.4, 0.5) is 22.0 Å². The number of aliphatic carboxylic acids is 1. The van der Waals surface area contributed by atoms with E-state index in [4.69, 9.17) is 9.47 Å². The summed E-state index contributed by atoms with van der Waals surface area (Å²) < 4.78 is 83.3. The zero-order chi connectivity index (χ0) is 30.8. The Bertz CT molecular complexity index is 1550. The van der Waals surface area contributed by atoms with Gasteiger partial charge in [-0.15, -0.1) is 0 Å². The van der Waals surface area contributed by atoms with E-state index in [9.17, 15) is 32.6 Å². The molecule has 2 aromatic carbocycles. The second-order valence-corrected chi connectivity index (χ2v) is 12.4. The van der Waals surface area contributed by atoms with Gasteiger partial charge in [0.05, 0.1) is 36.4 Å². The fourth-order valence-electron chi connectivity index (χ4n) is 6.91. The maximum atomic E-state index is 15.0. The third-order valence-electron chi connectivity index (χ3n) is 9.06. The minimum Gasteiger partial charge on any atom is -0.490 e. The summed E-state index contributed by atoms with van der Waals surface area (Å²) in [6.07, 6.45) is 0.308. The zero-order valence-corrected chi connectivity index (χ0v) is 23.4. The molecule has 10 heteroatoms. The van der Waals surface area contributed by atoms with Crippen molar-refractivity contribution in [1.82, 2.24) is 0 Å². The topological polar surface area (TPSA) is 76.0 Å². The predicted molar refractivity (Wildman–Crippen MR) is 147 cm³/mol. The van der Waals surface area contributed by atoms with Crippen LogP contribution in [0, 0.1) is 35.3 Å². The molecule has 0 saturated heterocycles. The van der Waals surface area contributed by atoms with E-state index in [1.165, 1.54) is 12.1 Å². The molecule has 3 saturated carbocycles. The van der Waals surface area contributed by atoms with E-state index in [2.05, 4.69) is 6.58 Å². The first-order valence-electron chi connectivity index (χ1n) is 14.2. The van der Waals surface area contributed by atoms with Crippen LogP contribution in [0.5, 0.6) is 5.75 Å². The molecule has 6 rings (SSSR count). The predicted octanol–water partition coefficient (Wildman–Crippen LogP) is 7.24. The van der Waals surface area contributed by atoms with Crippen molar-refractivity contribution in [2.75, 3.05) is 6.61 Å². The summed E-state index contributed by atoms with van der Waals surface area (Å²) in [7, 11) is 0. The van der Waals surface area contributed by atoms with Gasteiger partial charge in [0.2, 0.25) is 0 Å². The molecule has 0 aliphatic heterocycles. The molecular formula is C33H31F5O5. The summed E-state index contributed by atoms with van der Waals surface area (Å²) >= 11 is 0. The lowest BCUT2D eigenvalue weighted by molar-refractivity contribution is -0.139. The quantitative estimate of drug-likeness (QED) is 0.246. The summed E-state index contributed by atoms with van der Waals surface area (Å²) in [5.74, 6) is -3.23. The van der Waals surface area contributed by atoms with Gasteiger partial charge >= 0.3 is 12.1 Å². The number of carbonyl (C=O) groups is 1. The Labute approximate surface area is 245 Å². The van der Waals surface area contributed by atoms with Gasteiger partial charge in [-0.05, 0) is 103 Å². The normalized spacial score (nSPS) is 29.6. The molecule has 3 fully saturated rings. The largest absolute Gasteiger partial charge is 0.490 e. The van der Waals surface area contributed by atoms with Gasteiger partial charge in [-0.3, -0.25) is 4.79 Å². The van der Waals surface area contributed by atoms with E-state index in [1.807, 2.05) is 12.2 Å². The van der Waals surface area contributed by atoms with Crippen molar-refractivity contribution < 1.29 is 46.4 Å². The van der Waals surface area contributed by atoms with Gasteiger partial charge in [-0.25, -0.2) is 8.78 Å². The van der Waals surface area contributed by atoms with Crippen LogP contribution in [0.1, 0.15) is 43.7 Å². The summed E-state index contributed by atoms with van der Waals surface area (Å²) in [6.45, 7) is 5.55. The molecule has 0 radical (unpaired) electrons. The number of aliphatic hydroxyl groups is 1. The third-order valence-corrected chi connectivity index (χ3v) is 9.06. The number of carboxylic acids is 1. The average Bonchev–Trinajstić information content (AvgIpc) is 3.55. The minimum absolute atomic E-state index is 0.0306. The molecular weight excluding hydrogens is 571 g/mol. The SMILES string of the molecule is C=C1CC=C2C(=CC1OCc1cc(-c3ccc(OCC4CC(C)(O)C4)c(F)c3)c(C(F)(F)F)cc1F)CC1C(C(=O)O)C21. The number of hydrogen-bond donors (Lipinski definition) is 2. The number of alkyl halides is 3. The second kappa shape index (κ2) is 10.6. The van der Waals surface area contributed by atoms with Gasteiger partial charge in [0.25, 0.3) is 0 Å². The summed E-state index contributed by atoms with van der Waals surface area (Å²) in [5, 5.41) is 19.3. The lowest BCUT2D eigenvalue weighted by Crippen LogP contribution is -2.43. The molecule has 4 aliphatic rings. The molecule has 4 atom stereocenters. The van der Waals surface area contributed by atoms with Crippen LogP contribution < -0.4 is 4.74 Å². The fourth-order valence-corrected chi connectivity index (χ4v) is 6.91. The molecule has 0 aromatic heterocycles. The van der Waals surface area contributed by atoms with E-state index in [0.29, 0.717) is 37.3 Å². The van der Waals surface area contributed by atoms with Gasteiger partial charge in [0.1, 0.15) is 5.82 Å². The molecule has 0 heterocycles. The average molecular weight is 603 g/mol. The molecule has 4 unspecified atom stereocenters. The molecule has 43 heavy (non-hydrogen) atoms. The van der Waals surface area contributed by atoms with Crippen LogP contribution in [0.3, 0.4) is 0 Å². The zero-order valence-electron chi connectivity index (χ0n) is 23.4. The minimum atomic E-state index is -4.90. The maximum absolute atomic E-state index is 15.0. The fraction of sp³-hybridized carbons (Fsp3) is 0.424. The van der Waals surface area contributed by atoms with Gasteiger partial charge in [0.15, 0.2) is 11.6 Å². The number of rotatable bonds is 8. The van der Waals surface area contributed by atoms with Gasteiger partial charge in [0, 0.05) is 11.5 Å². The highest BCUT2D eigenvalue weighted by Crippen LogP contribution is 2.63. The lowest BCUT2D eigenvalue weighted by atomic mass is 9.73. The van der Waals surface area contributed by atoms with Crippen molar-refractivity contribution >= 4 is 5.97 Å². The number of halogens is 5. The maximum Gasteiger partial charge on any atom is 0.417 e. The van der Waals surface area contributed by atoms with Crippen molar-refractivity contribution in [3.05, 3.63) is 88.5 Å². The van der Waals surface area contributed by atoms with Crippen molar-refractivity contribution in [1.29, 1.82) is 0 Å². The second-order valence-electron chi connectivity index (χ2n) is 12.4. The molecule has 0 bridgehead atoms. The van der Waals surface area contributed by atoms with Crippen LogP contribution in [0.25, 0.3) is 11.1 Å². The van der Waals surface area contributed by atoms with E-state index in [1.54, 1.807) is 6.92 Å². The molecule has 4 aliphatic carbocycles. The Morgan fingerprint density at radius 3 is 2.53 bits per heavy atom. The van der Waals surface area contributed by atoms with Crippen LogP contribution in [-0.4, -0.2) is 34.5 Å². The molecule has 0 amide bonds. The smallest absolute Gasteiger partial charge is 0.417 e. The molecule has 2 N–H and O–H groups in total. The van der Waals surface area contributed by atoms with Gasteiger partial charge < -0.3 is 19.7 Å². The monoisotopic (exact) mass is 602 g/mol. The lowest BCUT2D eigenvalue weighted by Gasteiger charge is -2.40. The van der Waals surface area contributed by atoms with E-state index in [-0.39, 0.29) is 53.8 Å². The number of benzene rings is 2.